The van der Waals surface area contributed by atoms with Crippen molar-refractivity contribution >= 4 is 17.8 Å². The first-order chi connectivity index (χ1) is 13.1. The number of pyridine rings is 1. The topological polar surface area (TPSA) is 68.7 Å². The summed E-state index contributed by atoms with van der Waals surface area (Å²) < 4.78 is 10.3. The molecular formula is C20H26N6O+2. The largest absolute Gasteiger partial charge is 0.485 e. The predicted molar refractivity (Wildman–Crippen MR) is 106 cm³/mol. The summed E-state index contributed by atoms with van der Waals surface area (Å²) in [6.45, 7) is 2.61. The number of hydrogen-bond donors (Lipinski definition) is 3. The number of fused-ring (bicyclic) bond motifs is 1. The van der Waals surface area contributed by atoms with Gasteiger partial charge in [0.1, 0.15) is 17.6 Å². The third-order valence-electron chi connectivity index (χ3n) is 4.42. The van der Waals surface area contributed by atoms with Crippen molar-refractivity contribution in [3.05, 3.63) is 65.6 Å². The fraction of sp³-hybridized carbons (Fsp3) is 0.250. The lowest BCUT2D eigenvalue weighted by Crippen LogP contribution is -2.74. The van der Waals surface area contributed by atoms with E-state index in [0.29, 0.717) is 6.61 Å². The number of hydrazone groups is 1. The highest BCUT2D eigenvalue weighted by molar-refractivity contribution is 5.81. The van der Waals surface area contributed by atoms with Gasteiger partial charge in [0.2, 0.25) is 0 Å². The fourth-order valence-corrected chi connectivity index (χ4v) is 2.79. The maximum Gasteiger partial charge on any atom is 0.366 e. The van der Waals surface area contributed by atoms with E-state index in [9.17, 15) is 0 Å². The molecule has 0 aliphatic rings. The van der Waals surface area contributed by atoms with Crippen LogP contribution in [0.2, 0.25) is 0 Å². The fourth-order valence-electron chi connectivity index (χ4n) is 2.79. The van der Waals surface area contributed by atoms with Gasteiger partial charge in [-0.3, -0.25) is 10.3 Å². The first kappa shape index (κ1) is 18.4. The Kier molecular flexibility index (Phi) is 5.71. The monoisotopic (exact) mass is 366 g/mol. The van der Waals surface area contributed by atoms with Gasteiger partial charge in [0.15, 0.2) is 12.3 Å². The highest BCUT2D eigenvalue weighted by Gasteiger charge is 2.15. The molecule has 0 unspecified atom stereocenters. The predicted octanol–water partition coefficient (Wildman–Crippen LogP) is -0.139. The molecule has 0 spiro atoms. The van der Waals surface area contributed by atoms with Crippen LogP contribution in [0.4, 0.5) is 0 Å². The molecule has 0 fully saturated rings. The zero-order valence-electron chi connectivity index (χ0n) is 16.2. The van der Waals surface area contributed by atoms with Gasteiger partial charge >= 0.3 is 5.96 Å². The number of nitrogens with one attached hydrogen (secondary N) is 3. The molecule has 3 rings (SSSR count). The number of ether oxygens (including phenoxy) is 1. The summed E-state index contributed by atoms with van der Waals surface area (Å²) in [6.07, 6.45) is 3.87. The van der Waals surface area contributed by atoms with Crippen molar-refractivity contribution in [2.75, 3.05) is 14.1 Å². The van der Waals surface area contributed by atoms with E-state index in [1.807, 2.05) is 38.4 Å². The second-order valence-corrected chi connectivity index (χ2v) is 6.18. The van der Waals surface area contributed by atoms with Crippen LogP contribution in [0.15, 0.2) is 53.8 Å². The molecule has 2 aromatic heterocycles. The Morgan fingerprint density at radius 3 is 2.70 bits per heavy atom. The van der Waals surface area contributed by atoms with Crippen LogP contribution in [0, 0.1) is 6.92 Å². The van der Waals surface area contributed by atoms with Gasteiger partial charge < -0.3 is 4.74 Å². The van der Waals surface area contributed by atoms with Crippen LogP contribution in [-0.4, -0.2) is 30.8 Å². The first-order valence-corrected chi connectivity index (χ1v) is 8.82. The summed E-state index contributed by atoms with van der Waals surface area (Å²) in [5.74, 6) is 1.55. The summed E-state index contributed by atoms with van der Waals surface area (Å²) in [5.41, 5.74) is 7.32. The van der Waals surface area contributed by atoms with Crippen LogP contribution in [0.3, 0.4) is 0 Å². The molecule has 140 valence electrons. The molecule has 3 N–H and O–H groups in total. The minimum absolute atomic E-state index is 0.509. The third-order valence-corrected chi connectivity index (χ3v) is 4.42. The van der Waals surface area contributed by atoms with E-state index in [1.165, 1.54) is 5.69 Å². The number of nitrogens with zero attached hydrogens (tertiary/aromatic N) is 3. The van der Waals surface area contributed by atoms with Crippen molar-refractivity contribution in [1.29, 1.82) is 0 Å². The molecule has 3 aromatic rings. The van der Waals surface area contributed by atoms with E-state index in [2.05, 4.69) is 68.2 Å². The zero-order valence-corrected chi connectivity index (χ0v) is 16.2. The molecule has 0 aliphatic heterocycles. The lowest BCUT2D eigenvalue weighted by molar-refractivity contribution is -0.518. The van der Waals surface area contributed by atoms with E-state index >= 15 is 0 Å². The van der Waals surface area contributed by atoms with Gasteiger partial charge in [-0.2, -0.15) is 9.83 Å². The number of benzene rings is 1. The zero-order chi connectivity index (χ0) is 19.2. The van der Waals surface area contributed by atoms with Crippen molar-refractivity contribution in [3.8, 4) is 5.75 Å². The number of imidazole rings is 1. The average Bonchev–Trinajstić information content (AvgIpc) is 3.02. The molecule has 0 aliphatic carbocycles. The highest BCUT2D eigenvalue weighted by atomic mass is 16.5. The van der Waals surface area contributed by atoms with Gasteiger partial charge in [-0.05, 0) is 42.8 Å². The molecule has 0 amide bonds. The molecule has 1 aromatic carbocycles. The van der Waals surface area contributed by atoms with E-state index in [4.69, 9.17) is 4.74 Å². The SMILES string of the molecule is CNC(N/N=C\c1ccc(OCc2c[n+]3c(C)cccc3n2C)cc1)=[NH+]C. The van der Waals surface area contributed by atoms with E-state index in [-0.39, 0.29) is 0 Å². The van der Waals surface area contributed by atoms with Gasteiger partial charge in [-0.25, -0.2) is 4.57 Å². The number of guanidine groups is 1. The minimum Gasteiger partial charge on any atom is -0.485 e. The quantitative estimate of drug-likeness (QED) is 0.255. The van der Waals surface area contributed by atoms with Gasteiger partial charge in [0, 0.05) is 6.07 Å². The van der Waals surface area contributed by atoms with Crippen molar-refractivity contribution in [2.45, 2.75) is 13.5 Å². The third kappa shape index (κ3) is 4.25. The molecular weight excluding hydrogens is 340 g/mol. The highest BCUT2D eigenvalue weighted by Crippen LogP contribution is 2.14. The van der Waals surface area contributed by atoms with Crippen LogP contribution >= 0.6 is 0 Å². The van der Waals surface area contributed by atoms with Crippen molar-refractivity contribution < 1.29 is 14.1 Å². The van der Waals surface area contributed by atoms with Crippen molar-refractivity contribution in [3.63, 3.8) is 0 Å². The molecule has 0 atom stereocenters. The molecule has 7 nitrogen and oxygen atoms in total. The molecule has 7 heteroatoms. The van der Waals surface area contributed by atoms with Gasteiger partial charge in [-0.15, -0.1) is 5.10 Å². The van der Waals surface area contributed by atoms with E-state index in [0.717, 1.165) is 28.6 Å². The Labute approximate surface area is 159 Å². The number of hydrogen-bond acceptors (Lipinski definition) is 2. The number of aromatic nitrogens is 2. The summed E-state index contributed by atoms with van der Waals surface area (Å²) >= 11 is 0. The van der Waals surface area contributed by atoms with Gasteiger partial charge in [-0.1, -0.05) is 6.07 Å². The van der Waals surface area contributed by atoms with E-state index in [1.54, 1.807) is 6.21 Å². The minimum atomic E-state index is 0.509. The second kappa shape index (κ2) is 8.35. The number of aryl methyl sites for hydroxylation is 2. The maximum atomic E-state index is 5.96. The molecule has 0 radical (unpaired) electrons. The summed E-state index contributed by atoms with van der Waals surface area (Å²) in [6, 6.07) is 14.1. The van der Waals surface area contributed by atoms with Crippen LogP contribution in [0.1, 0.15) is 17.0 Å². The second-order valence-electron chi connectivity index (χ2n) is 6.18. The van der Waals surface area contributed by atoms with Gasteiger partial charge in [0.25, 0.3) is 5.65 Å². The Morgan fingerprint density at radius 2 is 2.04 bits per heavy atom. The van der Waals surface area contributed by atoms with Crippen LogP contribution in [0.5, 0.6) is 5.75 Å². The van der Waals surface area contributed by atoms with Crippen LogP contribution in [0.25, 0.3) is 5.65 Å². The standard InChI is InChI=1S/C20H25N6O/c1-15-6-5-7-19-25(4)17(13-26(15)19)14-27-18-10-8-16(9-11-18)12-23-24-20(21-2)22-3/h5-13H,14H2,1-4H3,(H2,21,22,24)/q+1/p+1/b23-12-. The lowest BCUT2D eigenvalue weighted by atomic mass is 10.2. The van der Waals surface area contributed by atoms with Crippen LogP contribution < -0.4 is 24.9 Å². The van der Waals surface area contributed by atoms with Gasteiger partial charge in [0.05, 0.1) is 27.4 Å². The Hall–Kier alpha value is -3.35. The summed E-state index contributed by atoms with van der Waals surface area (Å²) in [5, 5.41) is 7.12. The first-order valence-electron chi connectivity index (χ1n) is 8.82. The molecule has 0 bridgehead atoms. The Bertz CT molecular complexity index is 972. The van der Waals surface area contributed by atoms with Crippen molar-refractivity contribution in [2.24, 2.45) is 12.1 Å². The summed E-state index contributed by atoms with van der Waals surface area (Å²) in [7, 11) is 5.69. The average molecular weight is 366 g/mol. The number of rotatable bonds is 5. The van der Waals surface area contributed by atoms with Crippen LogP contribution in [-0.2, 0) is 13.7 Å². The Morgan fingerprint density at radius 1 is 1.26 bits per heavy atom. The lowest BCUT2D eigenvalue weighted by Gasteiger charge is -2.04. The summed E-state index contributed by atoms with van der Waals surface area (Å²) in [4.78, 5) is 2.95. The maximum absolute atomic E-state index is 5.96. The van der Waals surface area contributed by atoms with E-state index < -0.39 is 0 Å². The molecule has 0 saturated carbocycles. The normalized spacial score (nSPS) is 11.9. The van der Waals surface area contributed by atoms with Crippen molar-refractivity contribution in [1.82, 2.24) is 15.3 Å². The molecule has 0 saturated heterocycles. The smallest absolute Gasteiger partial charge is 0.366 e. The molecule has 2 heterocycles. The Balaban J connectivity index is 1.63. The molecule has 27 heavy (non-hydrogen) atoms.